The Labute approximate surface area is 193 Å². The molecule has 8 atom stereocenters. The SMILES string of the molecule is CN=C(N)N/N=C/[C@H]1CC[C@]2(O)[C@@H]3CC[C@@H]4C[C@@H](OCCCN)CC[C@]4(C)[C@H]3CC[C@]12C. The van der Waals surface area contributed by atoms with E-state index in [-0.39, 0.29) is 11.3 Å². The van der Waals surface area contributed by atoms with Crippen molar-refractivity contribution in [3.05, 3.63) is 0 Å². The number of nitrogens with zero attached hydrogens (tertiary/aromatic N) is 2. The van der Waals surface area contributed by atoms with E-state index in [1.807, 2.05) is 6.21 Å². The normalized spacial score (nSPS) is 46.5. The lowest BCUT2D eigenvalue weighted by atomic mass is 9.43. The van der Waals surface area contributed by atoms with Gasteiger partial charge in [-0.25, -0.2) is 5.43 Å². The molecule has 4 fully saturated rings. The van der Waals surface area contributed by atoms with E-state index in [9.17, 15) is 5.11 Å². The van der Waals surface area contributed by atoms with Gasteiger partial charge in [-0.05, 0) is 93.9 Å². The molecular formula is C25H45N5O2. The first-order valence-electron chi connectivity index (χ1n) is 12.8. The molecule has 0 aliphatic heterocycles. The second kappa shape index (κ2) is 9.22. The molecule has 4 saturated carbocycles. The standard InChI is InChI=1S/C25H45N5O2/c1-23-10-8-19(32-14-4-13-26)15-17(23)5-6-21-20(23)9-11-24(2)18(7-12-25(21,24)31)16-29-30-22(27)28-3/h16-21,31H,4-15,26H2,1-3H3,(H3,27,28,30)/b29-16+/t17-,18-,19+,20+,21-,23+,24-,25+/m1/s1. The summed E-state index contributed by atoms with van der Waals surface area (Å²) < 4.78 is 6.17. The minimum absolute atomic E-state index is 0.122. The Bertz CT molecular complexity index is 729. The summed E-state index contributed by atoms with van der Waals surface area (Å²) in [6.07, 6.45) is 13.4. The highest BCUT2D eigenvalue weighted by Gasteiger charge is 2.66. The fourth-order valence-electron chi connectivity index (χ4n) is 8.19. The van der Waals surface area contributed by atoms with E-state index in [0.717, 1.165) is 45.1 Å². The summed E-state index contributed by atoms with van der Waals surface area (Å²) >= 11 is 0. The summed E-state index contributed by atoms with van der Waals surface area (Å²) in [4.78, 5) is 3.90. The number of hydrazone groups is 1. The third-order valence-electron chi connectivity index (χ3n) is 10.3. The van der Waals surface area contributed by atoms with Crippen molar-refractivity contribution in [2.24, 2.45) is 56.1 Å². The van der Waals surface area contributed by atoms with Crippen LogP contribution in [0.2, 0.25) is 0 Å². The molecule has 0 heterocycles. The fraction of sp³-hybridized carbons (Fsp3) is 0.920. The molecule has 0 aromatic rings. The number of aliphatic imine (C=N–C) groups is 1. The number of ether oxygens (including phenoxy) is 1. The molecule has 0 aromatic carbocycles. The predicted octanol–water partition coefficient (Wildman–Crippen LogP) is 3.01. The van der Waals surface area contributed by atoms with Crippen LogP contribution >= 0.6 is 0 Å². The van der Waals surface area contributed by atoms with E-state index in [1.54, 1.807) is 7.05 Å². The highest BCUT2D eigenvalue weighted by Crippen LogP contribution is 2.68. The zero-order chi connectivity index (χ0) is 23.0. The van der Waals surface area contributed by atoms with Crippen LogP contribution in [0.4, 0.5) is 0 Å². The van der Waals surface area contributed by atoms with Crippen molar-refractivity contribution in [1.82, 2.24) is 5.43 Å². The maximum Gasteiger partial charge on any atom is 0.209 e. The van der Waals surface area contributed by atoms with Crippen LogP contribution in [0, 0.1) is 34.5 Å². The molecule has 7 nitrogen and oxygen atoms in total. The zero-order valence-electron chi connectivity index (χ0n) is 20.4. The van der Waals surface area contributed by atoms with Gasteiger partial charge in [0.1, 0.15) is 0 Å². The molecular weight excluding hydrogens is 402 g/mol. The minimum Gasteiger partial charge on any atom is -0.389 e. The molecule has 0 amide bonds. The van der Waals surface area contributed by atoms with Crippen LogP contribution in [-0.4, -0.2) is 49.2 Å². The van der Waals surface area contributed by atoms with Gasteiger partial charge in [0.15, 0.2) is 0 Å². The predicted molar refractivity (Wildman–Crippen MR) is 129 cm³/mol. The van der Waals surface area contributed by atoms with Crippen LogP contribution < -0.4 is 16.9 Å². The Kier molecular flexibility index (Phi) is 6.91. The molecule has 0 unspecified atom stereocenters. The summed E-state index contributed by atoms with van der Waals surface area (Å²) in [5, 5.41) is 16.6. The Morgan fingerprint density at radius 2 is 1.94 bits per heavy atom. The average molecular weight is 448 g/mol. The highest BCUT2D eigenvalue weighted by atomic mass is 16.5. The van der Waals surface area contributed by atoms with Gasteiger partial charge in [-0.3, -0.25) is 4.99 Å². The number of nitrogens with two attached hydrogens (primary N) is 2. The molecule has 4 aliphatic rings. The van der Waals surface area contributed by atoms with Gasteiger partial charge >= 0.3 is 0 Å². The fourth-order valence-corrected chi connectivity index (χ4v) is 8.19. The largest absolute Gasteiger partial charge is 0.389 e. The monoisotopic (exact) mass is 447 g/mol. The van der Waals surface area contributed by atoms with E-state index in [4.69, 9.17) is 16.2 Å². The van der Waals surface area contributed by atoms with Crippen molar-refractivity contribution in [2.45, 2.75) is 89.8 Å². The smallest absolute Gasteiger partial charge is 0.209 e. The molecule has 0 saturated heterocycles. The van der Waals surface area contributed by atoms with Crippen LogP contribution in [0.3, 0.4) is 0 Å². The van der Waals surface area contributed by atoms with Crippen molar-refractivity contribution in [3.8, 4) is 0 Å². The number of rotatable bonds is 6. The first-order chi connectivity index (χ1) is 15.3. The quantitative estimate of drug-likeness (QED) is 0.216. The van der Waals surface area contributed by atoms with E-state index in [2.05, 4.69) is 29.4 Å². The molecule has 0 radical (unpaired) electrons. The maximum absolute atomic E-state index is 12.2. The Balaban J connectivity index is 1.47. The molecule has 7 heteroatoms. The molecule has 182 valence electrons. The number of aliphatic hydroxyl groups is 1. The lowest BCUT2D eigenvalue weighted by molar-refractivity contribution is -0.207. The van der Waals surface area contributed by atoms with Crippen LogP contribution in [0.25, 0.3) is 0 Å². The van der Waals surface area contributed by atoms with E-state index >= 15 is 0 Å². The van der Waals surface area contributed by atoms with Crippen LogP contribution in [-0.2, 0) is 4.74 Å². The van der Waals surface area contributed by atoms with Crippen LogP contribution in [0.1, 0.15) is 78.1 Å². The maximum atomic E-state index is 12.2. The van der Waals surface area contributed by atoms with Crippen molar-refractivity contribution < 1.29 is 9.84 Å². The molecule has 32 heavy (non-hydrogen) atoms. The molecule has 0 spiro atoms. The number of nitrogens with one attached hydrogen (secondary N) is 1. The van der Waals surface area contributed by atoms with Gasteiger partial charge in [-0.1, -0.05) is 13.8 Å². The molecule has 6 N–H and O–H groups in total. The molecule has 0 bridgehead atoms. The topological polar surface area (TPSA) is 118 Å². The number of guanidine groups is 1. The lowest BCUT2D eigenvalue weighted by Crippen LogP contribution is -2.62. The number of fused-ring (bicyclic) bond motifs is 5. The lowest BCUT2D eigenvalue weighted by Gasteiger charge is -2.63. The number of hydrogen-bond donors (Lipinski definition) is 4. The molecule has 4 aliphatic carbocycles. The van der Waals surface area contributed by atoms with Crippen molar-refractivity contribution in [1.29, 1.82) is 0 Å². The van der Waals surface area contributed by atoms with Gasteiger partial charge in [0, 0.05) is 31.2 Å². The summed E-state index contributed by atoms with van der Waals surface area (Å²) in [7, 11) is 1.64. The minimum atomic E-state index is -0.598. The van der Waals surface area contributed by atoms with Crippen molar-refractivity contribution >= 4 is 12.2 Å². The van der Waals surface area contributed by atoms with E-state index in [0.29, 0.717) is 41.8 Å². The average Bonchev–Trinajstić information content (AvgIpc) is 3.05. The second-order valence-corrected chi connectivity index (χ2v) is 11.4. The van der Waals surface area contributed by atoms with E-state index in [1.165, 1.54) is 25.7 Å². The van der Waals surface area contributed by atoms with Gasteiger partial charge in [0.25, 0.3) is 0 Å². The Hall–Kier alpha value is -1.18. The third kappa shape index (κ3) is 3.88. The Morgan fingerprint density at radius 1 is 1.12 bits per heavy atom. The van der Waals surface area contributed by atoms with Crippen LogP contribution in [0.5, 0.6) is 0 Å². The van der Waals surface area contributed by atoms with Crippen molar-refractivity contribution in [3.63, 3.8) is 0 Å². The first-order valence-corrected chi connectivity index (χ1v) is 12.8. The van der Waals surface area contributed by atoms with Gasteiger partial charge in [0.05, 0.1) is 11.7 Å². The van der Waals surface area contributed by atoms with E-state index < -0.39 is 5.60 Å². The van der Waals surface area contributed by atoms with Crippen LogP contribution in [0.15, 0.2) is 10.1 Å². The summed E-state index contributed by atoms with van der Waals surface area (Å²) in [6, 6.07) is 0. The van der Waals surface area contributed by atoms with Gasteiger partial charge in [0.2, 0.25) is 5.96 Å². The van der Waals surface area contributed by atoms with Gasteiger partial charge in [-0.2, -0.15) is 5.10 Å². The molecule has 4 rings (SSSR count). The van der Waals surface area contributed by atoms with Gasteiger partial charge in [-0.15, -0.1) is 0 Å². The zero-order valence-corrected chi connectivity index (χ0v) is 20.4. The second-order valence-electron chi connectivity index (χ2n) is 11.4. The summed E-state index contributed by atoms with van der Waals surface area (Å²) in [6.45, 7) is 6.33. The third-order valence-corrected chi connectivity index (χ3v) is 10.3. The van der Waals surface area contributed by atoms with Crippen molar-refractivity contribution in [2.75, 3.05) is 20.2 Å². The summed E-state index contributed by atoms with van der Waals surface area (Å²) in [5.41, 5.74) is 13.8. The first kappa shape index (κ1) is 24.0. The Morgan fingerprint density at radius 3 is 2.69 bits per heavy atom. The molecule has 0 aromatic heterocycles. The van der Waals surface area contributed by atoms with Gasteiger partial charge < -0.3 is 21.3 Å². The highest BCUT2D eigenvalue weighted by molar-refractivity contribution is 5.78. The number of hydrogen-bond acceptors (Lipinski definition) is 5. The summed E-state index contributed by atoms with van der Waals surface area (Å²) in [5.74, 6) is 2.31.